The van der Waals surface area contributed by atoms with Crippen LogP contribution in [-0.4, -0.2) is 228 Å². The number of hydrogen-bond acceptors (Lipinski definition) is 21. The number of rotatable bonds is 24. The molecule has 108 heavy (non-hydrogen) atoms. The van der Waals surface area contributed by atoms with Crippen LogP contribution in [-0.2, 0) is 101 Å². The smallest absolute Gasteiger partial charge is 0.246 e. The zero-order valence-electron chi connectivity index (χ0n) is 60.9. The summed E-state index contributed by atoms with van der Waals surface area (Å²) in [6, 6.07) is 16.7. The van der Waals surface area contributed by atoms with E-state index < -0.39 is 188 Å². The number of aliphatic hydroxyl groups excluding tert-OH is 4. The molecule has 0 spiro atoms. The van der Waals surface area contributed by atoms with Gasteiger partial charge in [0.05, 0.1) is 25.5 Å². The quantitative estimate of drug-likeness (QED) is 0.0301. The lowest BCUT2D eigenvalue weighted by molar-refractivity contribution is -0.301. The third kappa shape index (κ3) is 24.4. The van der Waals surface area contributed by atoms with E-state index in [1.807, 2.05) is 13.8 Å². The Morgan fingerprint density at radius 1 is 0.556 bits per heavy atom. The third-order valence-corrected chi connectivity index (χ3v) is 18.9. The van der Waals surface area contributed by atoms with Gasteiger partial charge in [-0.05, 0) is 91.3 Å². The largest absolute Gasteiger partial charge is 0.508 e. The molecule has 1 aromatic heterocycles. The molecule has 3 fully saturated rings. The van der Waals surface area contributed by atoms with Gasteiger partial charge in [-0.3, -0.25) is 52.7 Å². The fourth-order valence-corrected chi connectivity index (χ4v) is 13.0. The summed E-state index contributed by atoms with van der Waals surface area (Å²) in [4.78, 5) is 165. The lowest BCUT2D eigenvalue weighted by atomic mass is 9.98. The standard InChI is InChI=1S/C75H101N15O18/c1-42(2)34-52-67(99)85-57(38-46-20-12-7-13-21-46)74(106)90-31-15-23-58(90)72(104)84-54(36-45-18-10-6-11-19-45)69(101)82-53(35-44-16-8-5-9-17-44)68(100)83-56(39-48-40-89(88-87-48)32-33-107-75-64(96)63(95)62(94)59(41-91)108-75)70(102)78-51(28-29-60(77)93)66(98)81-55(37-47-24-26-49(92)27-25-47)71(103)86-61(43(3)4)73(105)79-50(22-14-30-76)65(97)80-52/h5-13,16-21,24-27,40,42-43,50-59,61-64,75,91-92,94-96H,14-15,22-23,28-39,41,76H2,1-4H3,(H2,77,93)(H,78,102)(H,79,105)(H,80,97)(H,81,98)(H,82,101)(H,83,100)(H,84,104)(H,85,99)(H,86,103)/t50-,51-,52-,53+,54-,55-,56-,57+,58-,59+,61-,62+,63-,64-,75-/m0/s1. The van der Waals surface area contributed by atoms with Gasteiger partial charge >= 0.3 is 0 Å². The average molecular weight is 1500 g/mol. The molecule has 0 aliphatic carbocycles. The van der Waals surface area contributed by atoms with Crippen LogP contribution in [0.25, 0.3) is 0 Å². The maximum Gasteiger partial charge on any atom is 0.246 e. The highest BCUT2D eigenvalue weighted by molar-refractivity contribution is 6.00. The van der Waals surface area contributed by atoms with Crippen molar-refractivity contribution in [1.82, 2.24) is 67.7 Å². The molecule has 18 N–H and O–H groups in total. The minimum atomic E-state index is -1.76. The number of phenolic OH excluding ortho intramolecular Hbond substituents is 1. The minimum Gasteiger partial charge on any atom is -0.508 e. The Labute approximate surface area is 625 Å². The van der Waals surface area contributed by atoms with E-state index >= 15 is 28.8 Å². The van der Waals surface area contributed by atoms with Crippen molar-refractivity contribution in [2.24, 2.45) is 23.3 Å². The van der Waals surface area contributed by atoms with Crippen molar-refractivity contribution >= 4 is 65.0 Å². The van der Waals surface area contributed by atoms with E-state index in [1.165, 1.54) is 40.0 Å². The first kappa shape index (κ1) is 83.3. The molecule has 8 rings (SSSR count). The Balaban J connectivity index is 1.21. The van der Waals surface area contributed by atoms with Crippen molar-refractivity contribution < 1.29 is 87.7 Å². The van der Waals surface area contributed by atoms with Crippen molar-refractivity contribution in [1.29, 1.82) is 0 Å². The van der Waals surface area contributed by atoms with Crippen molar-refractivity contribution in [2.75, 3.05) is 26.3 Å². The third-order valence-electron chi connectivity index (χ3n) is 18.9. The number of phenols is 1. The molecule has 584 valence electrons. The summed E-state index contributed by atoms with van der Waals surface area (Å²) in [6.07, 6.45) is -8.17. The number of nitrogens with two attached hydrogens (primary N) is 2. The lowest BCUT2D eigenvalue weighted by Crippen LogP contribution is -2.62. The van der Waals surface area contributed by atoms with Crippen LogP contribution in [0.5, 0.6) is 5.75 Å². The molecule has 15 atom stereocenters. The first-order valence-corrected chi connectivity index (χ1v) is 36.4. The number of carbonyl (C=O) groups excluding carboxylic acids is 11. The van der Waals surface area contributed by atoms with Gasteiger partial charge < -0.3 is 99.2 Å². The van der Waals surface area contributed by atoms with Crippen molar-refractivity contribution in [2.45, 2.75) is 202 Å². The normalized spacial score (nSPS) is 26.5. The molecule has 0 saturated carbocycles. The first-order valence-electron chi connectivity index (χ1n) is 36.4. The highest BCUT2D eigenvalue weighted by Gasteiger charge is 2.45. The van der Waals surface area contributed by atoms with E-state index in [1.54, 1.807) is 105 Å². The van der Waals surface area contributed by atoms with Gasteiger partial charge in [0.25, 0.3) is 0 Å². The van der Waals surface area contributed by atoms with Gasteiger partial charge in [-0.15, -0.1) is 5.10 Å². The Morgan fingerprint density at radius 2 is 1.01 bits per heavy atom. The molecule has 4 heterocycles. The number of aliphatic hydroxyl groups is 4. The molecule has 5 aromatic rings. The molecule has 0 radical (unpaired) electrons. The fraction of sp³-hybridized carbons (Fsp3) is 0.507. The molecule has 0 bridgehead atoms. The number of carbonyl (C=O) groups is 11. The minimum absolute atomic E-state index is 0.0251. The van der Waals surface area contributed by atoms with Crippen LogP contribution in [0.15, 0.2) is 121 Å². The SMILES string of the molecule is CC(C)C[C@@H]1NC(=O)[C@H](CCCN)NC(=O)[C@H](C(C)C)NC(=O)[C@H](Cc2ccc(O)cc2)NC(=O)[C@H](CCC(N)=O)NC(=O)[C@H](Cc2cn(CCO[C@H]3O[C@H](CO)[C@@H](O)[C@H](O)[C@@H]3O)nn2)NC(=O)[C@@H](Cc2ccccc2)NC(=O)[C@H](Cc2ccccc2)NC(=O)[C@@H]2CCCN2C(=O)[C@@H](Cc2ccccc2)NC1=O. The molecular weight excluding hydrogens is 1400 g/mol. The van der Waals surface area contributed by atoms with Gasteiger partial charge in [0.1, 0.15) is 90.6 Å². The van der Waals surface area contributed by atoms with Crippen LogP contribution in [0.4, 0.5) is 0 Å². The molecule has 0 unspecified atom stereocenters. The second-order valence-corrected chi connectivity index (χ2v) is 28.2. The van der Waals surface area contributed by atoms with Gasteiger partial charge in [0.15, 0.2) is 6.29 Å². The number of ether oxygens (including phenoxy) is 2. The van der Waals surface area contributed by atoms with Crippen LogP contribution in [0.2, 0.25) is 0 Å². The maximum atomic E-state index is 15.4. The Hall–Kier alpha value is -10.3. The lowest BCUT2D eigenvalue weighted by Gasteiger charge is -2.39. The van der Waals surface area contributed by atoms with Crippen molar-refractivity contribution in [3.8, 4) is 5.75 Å². The molecule has 3 aliphatic heterocycles. The summed E-state index contributed by atoms with van der Waals surface area (Å²) in [5.74, 6) is -10.8. The number of nitrogens with one attached hydrogen (secondary N) is 9. The number of nitrogens with zero attached hydrogens (tertiary/aromatic N) is 4. The predicted molar refractivity (Wildman–Crippen MR) is 389 cm³/mol. The van der Waals surface area contributed by atoms with E-state index in [0.717, 1.165) is 0 Å². The zero-order chi connectivity index (χ0) is 78.1. The molecule has 3 saturated heterocycles. The summed E-state index contributed by atoms with van der Waals surface area (Å²) in [5.41, 5.74) is 13.8. The van der Waals surface area contributed by atoms with Crippen molar-refractivity contribution in [3.05, 3.63) is 149 Å². The van der Waals surface area contributed by atoms with Crippen LogP contribution in [0, 0.1) is 11.8 Å². The molecular formula is C75H101N15O18. The van der Waals surface area contributed by atoms with E-state index in [4.69, 9.17) is 20.9 Å². The van der Waals surface area contributed by atoms with Crippen LogP contribution in [0.1, 0.15) is 101 Å². The summed E-state index contributed by atoms with van der Waals surface area (Å²) in [7, 11) is 0. The number of primary amides is 1. The van der Waals surface area contributed by atoms with E-state index in [2.05, 4.69) is 58.2 Å². The van der Waals surface area contributed by atoms with E-state index in [0.29, 0.717) is 28.7 Å². The molecule has 3 aliphatic rings. The summed E-state index contributed by atoms with van der Waals surface area (Å²) in [6.45, 7) is 5.88. The first-order chi connectivity index (χ1) is 51.7. The Bertz CT molecular complexity index is 3840. The predicted octanol–water partition coefficient (Wildman–Crippen LogP) is -2.61. The molecule has 33 nitrogen and oxygen atoms in total. The summed E-state index contributed by atoms with van der Waals surface area (Å²) in [5, 5.41) is 84.5. The van der Waals surface area contributed by atoms with Gasteiger partial charge in [0, 0.05) is 51.3 Å². The topological polar surface area (TPSA) is 502 Å². The second-order valence-electron chi connectivity index (χ2n) is 28.2. The number of benzene rings is 4. The number of fused-ring (bicyclic) bond motifs is 1. The number of aromatic hydroxyl groups is 1. The Kier molecular flexibility index (Phi) is 31.3. The molecule has 11 amide bonds. The second kappa shape index (κ2) is 40.6. The summed E-state index contributed by atoms with van der Waals surface area (Å²) < 4.78 is 12.4. The highest BCUT2D eigenvalue weighted by atomic mass is 16.7. The van der Waals surface area contributed by atoms with Gasteiger partial charge in [0.2, 0.25) is 65.0 Å². The average Bonchev–Trinajstić information content (AvgIpc) is 1.50. The Morgan fingerprint density at radius 3 is 1.53 bits per heavy atom. The number of hydrogen-bond donors (Lipinski definition) is 16. The van der Waals surface area contributed by atoms with Gasteiger partial charge in [-0.25, -0.2) is 4.68 Å². The monoisotopic (exact) mass is 1500 g/mol. The maximum absolute atomic E-state index is 15.4. The van der Waals surface area contributed by atoms with Crippen LogP contribution >= 0.6 is 0 Å². The van der Waals surface area contributed by atoms with E-state index in [-0.39, 0.29) is 95.0 Å². The fourth-order valence-electron chi connectivity index (χ4n) is 13.0. The summed E-state index contributed by atoms with van der Waals surface area (Å²) >= 11 is 0. The van der Waals surface area contributed by atoms with E-state index in [9.17, 15) is 49.5 Å². The molecule has 4 aromatic carbocycles. The number of aromatic nitrogens is 3. The van der Waals surface area contributed by atoms with Crippen molar-refractivity contribution in [3.63, 3.8) is 0 Å². The van der Waals surface area contributed by atoms with Gasteiger partial charge in [-0.1, -0.05) is 136 Å². The number of amides is 11. The zero-order valence-corrected chi connectivity index (χ0v) is 60.9. The van der Waals surface area contributed by atoms with Crippen LogP contribution < -0.4 is 59.3 Å². The van der Waals surface area contributed by atoms with Crippen LogP contribution in [0.3, 0.4) is 0 Å². The highest BCUT2D eigenvalue weighted by Crippen LogP contribution is 2.24. The molecule has 33 heteroatoms. The van der Waals surface area contributed by atoms with Gasteiger partial charge in [-0.2, -0.15) is 0 Å².